The Hall–Kier alpha value is -1.99. The first-order valence-electron chi connectivity index (χ1n) is 16.4. The maximum absolute atomic E-state index is 11.4. The Morgan fingerprint density at radius 1 is 0.537 bits per heavy atom. The molecule has 0 saturated heterocycles. The van der Waals surface area contributed by atoms with Crippen molar-refractivity contribution in [1.82, 2.24) is 0 Å². The van der Waals surface area contributed by atoms with Gasteiger partial charge in [0.05, 0.1) is 0 Å². The van der Waals surface area contributed by atoms with Crippen LogP contribution in [-0.2, 0) is 27.3 Å². The van der Waals surface area contributed by atoms with Gasteiger partial charge in [-0.3, -0.25) is 0 Å². The average Bonchev–Trinajstić information content (AvgIpc) is 3.32. The average molecular weight is 602 g/mol. The zero-order valence-electron chi connectivity index (χ0n) is 26.9. The number of benzene rings is 2. The van der Waals surface area contributed by atoms with E-state index in [-0.39, 0.29) is 0 Å². The van der Waals surface area contributed by atoms with Crippen molar-refractivity contribution < 1.29 is 19.1 Å². The second-order valence-electron chi connectivity index (χ2n) is 11.6. The maximum atomic E-state index is 11.4. The fraction of sp³-hybridized carbons (Fsp3) is 0.579. The van der Waals surface area contributed by atoms with Gasteiger partial charge in [-0.15, -0.1) is 0 Å². The molecule has 0 amide bonds. The van der Waals surface area contributed by atoms with Gasteiger partial charge in [0, 0.05) is 22.8 Å². The Kier molecular flexibility index (Phi) is 18.6. The van der Waals surface area contributed by atoms with Crippen molar-refractivity contribution in [2.75, 3.05) is 0 Å². The van der Waals surface area contributed by atoms with Crippen LogP contribution in [0.3, 0.4) is 0 Å². The third-order valence-corrected chi connectivity index (χ3v) is 7.97. The summed E-state index contributed by atoms with van der Waals surface area (Å²) in [7, 11) is 0. The van der Waals surface area contributed by atoms with Gasteiger partial charge in [-0.05, 0) is 73.9 Å². The van der Waals surface area contributed by atoms with E-state index in [1.807, 2.05) is 0 Å². The monoisotopic (exact) mass is 600 g/mol. The van der Waals surface area contributed by atoms with Crippen LogP contribution in [0.2, 0.25) is 11.8 Å². The molecular weight excluding hydrogens is 543 g/mol. The summed E-state index contributed by atoms with van der Waals surface area (Å²) in [6, 6.07) is 17.8. The quantitative estimate of drug-likeness (QED) is 0.0870. The summed E-state index contributed by atoms with van der Waals surface area (Å²) in [5.74, 6) is 4.12. The Balaban J connectivity index is 0.00000187. The van der Waals surface area contributed by atoms with Crippen molar-refractivity contribution in [2.24, 2.45) is 0 Å². The van der Waals surface area contributed by atoms with Gasteiger partial charge >= 0.3 is 26.2 Å². The Labute approximate surface area is 259 Å². The summed E-state index contributed by atoms with van der Waals surface area (Å²) in [4.78, 5) is 0. The molecule has 41 heavy (non-hydrogen) atoms. The Morgan fingerprint density at radius 2 is 0.951 bits per heavy atom. The normalized spacial score (nSPS) is 13.0. The van der Waals surface area contributed by atoms with Crippen molar-refractivity contribution >= 4 is 11.4 Å². The standard InChI is InChI=1S/C36H52N2.2CH3.Ni/c1-4-7-10-12-14-16-18-30-21-25-32(26-22-30)35-29-34(20-9-6-3)36(38(35)37)33-27-23-31(24-28-33)19-17-15-13-11-8-5-2;;;/h21-29H,4-20H2,1-3H3;2*1H3;. The van der Waals surface area contributed by atoms with Crippen LogP contribution in [0.4, 0.5) is 0 Å². The molecule has 2 nitrogen and oxygen atoms in total. The first-order chi connectivity index (χ1) is 20.1. The summed E-state index contributed by atoms with van der Waals surface area (Å²) < 4.78 is 1.44. The summed E-state index contributed by atoms with van der Waals surface area (Å²) in [5, 5.41) is 0. The van der Waals surface area contributed by atoms with E-state index < -0.39 is 0 Å². The summed E-state index contributed by atoms with van der Waals surface area (Å²) in [5.41, 5.74) is 19.4. The molecule has 1 aliphatic rings. The van der Waals surface area contributed by atoms with Gasteiger partial charge in [0.1, 0.15) is 0 Å². The minimum atomic E-state index is 0.897. The van der Waals surface area contributed by atoms with Crippen LogP contribution in [0.15, 0.2) is 60.2 Å². The number of hydrogen-bond donors (Lipinski definition) is 0. The van der Waals surface area contributed by atoms with Gasteiger partial charge in [-0.1, -0.05) is 116 Å². The summed E-state index contributed by atoms with van der Waals surface area (Å²) in [6.07, 6.45) is 23.7. The first kappa shape index (κ1) is 35.2. The third kappa shape index (κ3) is 12.8. The zero-order valence-corrected chi connectivity index (χ0v) is 27.9. The van der Waals surface area contributed by atoms with Crippen molar-refractivity contribution in [3.63, 3.8) is 0 Å². The molecule has 0 spiro atoms. The second-order valence-corrected chi connectivity index (χ2v) is 12.6. The van der Waals surface area contributed by atoms with Gasteiger partial charge in [-0.25, -0.2) is 4.70 Å². The molecule has 3 rings (SSSR count). The van der Waals surface area contributed by atoms with Crippen LogP contribution >= 0.6 is 0 Å². The van der Waals surface area contributed by atoms with E-state index >= 15 is 0 Å². The molecule has 0 atom stereocenters. The third-order valence-electron chi connectivity index (χ3n) is 7.97. The van der Waals surface area contributed by atoms with Gasteiger partial charge in [0.2, 0.25) is 11.4 Å². The number of allylic oxidation sites excluding steroid dienone is 2. The van der Waals surface area contributed by atoms with Crippen LogP contribution in [0.1, 0.15) is 139 Å². The molecule has 0 radical (unpaired) electrons. The van der Waals surface area contributed by atoms with E-state index in [1.54, 1.807) is 14.4 Å². The van der Waals surface area contributed by atoms with Gasteiger partial charge in [-0.2, -0.15) is 0 Å². The van der Waals surface area contributed by atoms with E-state index in [0.717, 1.165) is 54.6 Å². The molecule has 2 aromatic carbocycles. The van der Waals surface area contributed by atoms with Gasteiger partial charge in [0.25, 0.3) is 0 Å². The number of rotatable bonds is 19. The molecule has 0 aromatic heterocycles. The molecule has 1 heterocycles. The van der Waals surface area contributed by atoms with E-state index in [0.29, 0.717) is 0 Å². The molecule has 3 heteroatoms. The zero-order chi connectivity index (χ0) is 29.7. The van der Waals surface area contributed by atoms with Crippen molar-refractivity contribution in [3.8, 4) is 0 Å². The van der Waals surface area contributed by atoms with Crippen LogP contribution in [0.25, 0.3) is 16.9 Å². The molecule has 0 saturated carbocycles. The molecule has 1 aliphatic heterocycles. The molecular formula is C38H58N2Ni. The fourth-order valence-electron chi connectivity index (χ4n) is 5.51. The molecule has 0 bridgehead atoms. The summed E-state index contributed by atoms with van der Waals surface area (Å²) in [6.45, 7) is 6.78. The molecule has 0 fully saturated rings. The van der Waals surface area contributed by atoms with E-state index in [4.69, 9.17) is 0 Å². The topological polar surface area (TPSA) is 25.3 Å². The Morgan fingerprint density at radius 3 is 1.41 bits per heavy atom. The van der Waals surface area contributed by atoms with Gasteiger partial charge in [0.15, 0.2) is 0 Å². The number of nitrogens with zero attached hydrogens (tertiary/aromatic N) is 2. The SMILES string of the molecule is CCCCCCCCc1ccc(C2=CC(CCCC)=C(c3ccc(CCCCCCCC)cc3)[N+]2=[N-])cc1.[CH3][Ni][CH3]. The Bertz CT molecular complexity index is 1050. The molecule has 0 N–H and O–H groups in total. The van der Waals surface area contributed by atoms with Crippen molar-refractivity contribution in [2.45, 2.75) is 142 Å². The van der Waals surface area contributed by atoms with E-state index in [9.17, 15) is 5.53 Å². The van der Waals surface area contributed by atoms with Crippen molar-refractivity contribution in [3.05, 3.63) is 88.0 Å². The fourth-order valence-corrected chi connectivity index (χ4v) is 5.51. The van der Waals surface area contributed by atoms with Crippen LogP contribution in [-0.4, -0.2) is 4.70 Å². The van der Waals surface area contributed by atoms with E-state index in [2.05, 4.69) is 87.2 Å². The number of hydrogen-bond acceptors (Lipinski definition) is 0. The van der Waals surface area contributed by atoms with Gasteiger partial charge < -0.3 is 5.53 Å². The summed E-state index contributed by atoms with van der Waals surface area (Å²) >= 11 is 1.62. The number of unbranched alkanes of at least 4 members (excludes halogenated alkanes) is 11. The van der Waals surface area contributed by atoms with Crippen LogP contribution in [0, 0.1) is 0 Å². The van der Waals surface area contributed by atoms with Crippen LogP contribution < -0.4 is 0 Å². The van der Waals surface area contributed by atoms with Crippen molar-refractivity contribution in [1.29, 1.82) is 0 Å². The molecule has 0 unspecified atom stereocenters. The molecule has 230 valence electrons. The second kappa shape index (κ2) is 21.7. The van der Waals surface area contributed by atoms with Crippen LogP contribution in [0.5, 0.6) is 0 Å². The minimum absolute atomic E-state index is 0.897. The van der Waals surface area contributed by atoms with E-state index in [1.165, 1.54) is 98.4 Å². The molecule has 0 aliphatic carbocycles. The predicted octanol–water partition coefficient (Wildman–Crippen LogP) is 12.6. The number of aryl methyl sites for hydroxylation is 2. The molecule has 2 aromatic rings. The predicted molar refractivity (Wildman–Crippen MR) is 177 cm³/mol. The first-order valence-corrected chi connectivity index (χ1v) is 18.4.